The van der Waals surface area contributed by atoms with Crippen LogP contribution >= 0.6 is 0 Å². The van der Waals surface area contributed by atoms with E-state index >= 15 is 0 Å². The molecule has 1 saturated carbocycles. The van der Waals surface area contributed by atoms with E-state index in [0.29, 0.717) is 6.42 Å². The van der Waals surface area contributed by atoms with Gasteiger partial charge in [-0.2, -0.15) is 13.2 Å². The lowest BCUT2D eigenvalue weighted by atomic mass is 9.57. The molecule has 1 aromatic carbocycles. The Morgan fingerprint density at radius 3 is 2.63 bits per heavy atom. The first-order chi connectivity index (χ1) is 8.86. The number of carboxylic acid groups (broad SMARTS) is 1. The molecule has 1 aliphatic carbocycles. The Balaban J connectivity index is 2.11. The summed E-state index contributed by atoms with van der Waals surface area (Å²) in [4.78, 5) is 11.2. The molecule has 2 saturated heterocycles. The van der Waals surface area contributed by atoms with Gasteiger partial charge in [0.2, 0.25) is 0 Å². The van der Waals surface area contributed by atoms with Gasteiger partial charge in [-0.25, -0.2) is 0 Å². The molecule has 2 bridgehead atoms. The number of carbonyl (C=O) groups is 1. The summed E-state index contributed by atoms with van der Waals surface area (Å²) in [5, 5.41) is 9.17. The fourth-order valence-electron chi connectivity index (χ4n) is 3.27. The fraction of sp³-hybridized carbons (Fsp3) is 0.462. The van der Waals surface area contributed by atoms with Crippen molar-refractivity contribution >= 4 is 5.97 Å². The predicted molar refractivity (Wildman–Crippen MR) is 58.6 cm³/mol. The molecule has 0 amide bonds. The number of ether oxygens (including phenoxy) is 1. The maximum Gasteiger partial charge on any atom is 0.416 e. The van der Waals surface area contributed by atoms with E-state index in [2.05, 4.69) is 0 Å². The Labute approximate surface area is 107 Å². The number of alkyl halides is 3. The average Bonchev–Trinajstić information content (AvgIpc) is 2.86. The lowest BCUT2D eigenvalue weighted by Crippen LogP contribution is -2.53. The van der Waals surface area contributed by atoms with Crippen molar-refractivity contribution in [3.05, 3.63) is 35.4 Å². The number of aliphatic carboxylic acids is 1. The maximum atomic E-state index is 13.0. The standard InChI is InChI=1S/C13H11F3O3/c14-13(15,16)8-4-2-1-3-7(8)12-5-9(19-6-12)10(12)11(17)18/h1-4,9-10H,5-6H2,(H,17,18). The van der Waals surface area contributed by atoms with E-state index < -0.39 is 35.1 Å². The lowest BCUT2D eigenvalue weighted by Gasteiger charge is -2.43. The molecular weight excluding hydrogens is 261 g/mol. The molecule has 3 aliphatic rings. The van der Waals surface area contributed by atoms with E-state index in [1.807, 2.05) is 0 Å². The Hall–Kier alpha value is -1.56. The number of halogens is 3. The van der Waals surface area contributed by atoms with Crippen molar-refractivity contribution in [2.24, 2.45) is 5.92 Å². The Kier molecular flexibility index (Phi) is 2.44. The zero-order chi connectivity index (χ0) is 13.8. The number of hydrogen-bond acceptors (Lipinski definition) is 2. The van der Waals surface area contributed by atoms with Gasteiger partial charge in [-0.05, 0) is 18.1 Å². The van der Waals surface area contributed by atoms with Crippen LogP contribution in [-0.2, 0) is 21.1 Å². The van der Waals surface area contributed by atoms with Crippen molar-refractivity contribution in [2.75, 3.05) is 6.61 Å². The number of benzene rings is 1. The highest BCUT2D eigenvalue weighted by Crippen LogP contribution is 2.58. The van der Waals surface area contributed by atoms with Gasteiger partial charge in [-0.3, -0.25) is 4.79 Å². The number of hydrogen-bond donors (Lipinski definition) is 1. The number of fused-ring (bicyclic) bond motifs is 1. The second kappa shape index (κ2) is 3.72. The molecule has 3 unspecified atom stereocenters. The van der Waals surface area contributed by atoms with Crippen LogP contribution in [0.5, 0.6) is 0 Å². The molecule has 2 aliphatic heterocycles. The van der Waals surface area contributed by atoms with Crippen LogP contribution in [0.2, 0.25) is 0 Å². The largest absolute Gasteiger partial charge is 0.481 e. The Morgan fingerprint density at radius 2 is 2.05 bits per heavy atom. The second-order valence-corrected chi connectivity index (χ2v) is 5.07. The average molecular weight is 272 g/mol. The Bertz CT molecular complexity index is 536. The predicted octanol–water partition coefficient (Wildman–Crippen LogP) is 2.45. The third-order valence-corrected chi connectivity index (χ3v) is 4.12. The van der Waals surface area contributed by atoms with E-state index in [9.17, 15) is 23.1 Å². The smallest absolute Gasteiger partial charge is 0.416 e. The van der Waals surface area contributed by atoms with Crippen LogP contribution < -0.4 is 0 Å². The molecule has 0 spiro atoms. The third kappa shape index (κ3) is 1.59. The van der Waals surface area contributed by atoms with E-state index in [1.54, 1.807) is 0 Å². The fourth-order valence-corrected chi connectivity index (χ4v) is 3.27. The van der Waals surface area contributed by atoms with E-state index in [4.69, 9.17) is 4.74 Å². The molecule has 19 heavy (non-hydrogen) atoms. The molecule has 4 rings (SSSR count). The van der Waals surface area contributed by atoms with Gasteiger partial charge < -0.3 is 9.84 Å². The quantitative estimate of drug-likeness (QED) is 0.899. The first-order valence-corrected chi connectivity index (χ1v) is 5.87. The van der Waals surface area contributed by atoms with Crippen molar-refractivity contribution < 1.29 is 27.8 Å². The summed E-state index contributed by atoms with van der Waals surface area (Å²) in [7, 11) is 0. The van der Waals surface area contributed by atoms with Gasteiger partial charge >= 0.3 is 12.1 Å². The van der Waals surface area contributed by atoms with Crippen LogP contribution in [0.25, 0.3) is 0 Å². The van der Waals surface area contributed by atoms with Crippen molar-refractivity contribution in [2.45, 2.75) is 24.1 Å². The first-order valence-electron chi connectivity index (χ1n) is 5.87. The van der Waals surface area contributed by atoms with E-state index in [0.717, 1.165) is 6.07 Å². The highest BCUT2D eigenvalue weighted by Gasteiger charge is 2.66. The number of carboxylic acids is 1. The summed E-state index contributed by atoms with van der Waals surface area (Å²) in [5.74, 6) is -1.97. The molecule has 0 radical (unpaired) electrons. The van der Waals surface area contributed by atoms with Crippen LogP contribution in [0.3, 0.4) is 0 Å². The lowest BCUT2D eigenvalue weighted by molar-refractivity contribution is -0.152. The molecule has 6 heteroatoms. The molecule has 1 aromatic rings. The summed E-state index contributed by atoms with van der Waals surface area (Å²) in [5.41, 5.74) is -1.74. The van der Waals surface area contributed by atoms with Crippen molar-refractivity contribution in [3.8, 4) is 0 Å². The summed E-state index contributed by atoms with van der Waals surface area (Å²) in [6.07, 6.45) is -4.60. The number of rotatable bonds is 2. The normalized spacial score (nSPS) is 33.0. The minimum absolute atomic E-state index is 0.0434. The van der Waals surface area contributed by atoms with Gasteiger partial charge in [-0.1, -0.05) is 18.2 Å². The maximum absolute atomic E-state index is 13.0. The van der Waals surface area contributed by atoms with E-state index in [1.165, 1.54) is 18.2 Å². The van der Waals surface area contributed by atoms with E-state index in [-0.39, 0.29) is 12.2 Å². The van der Waals surface area contributed by atoms with Crippen molar-refractivity contribution in [3.63, 3.8) is 0 Å². The zero-order valence-corrected chi connectivity index (χ0v) is 9.78. The van der Waals surface area contributed by atoms with Gasteiger partial charge in [0.1, 0.15) is 0 Å². The topological polar surface area (TPSA) is 46.5 Å². The highest BCUT2D eigenvalue weighted by molar-refractivity contribution is 5.76. The van der Waals surface area contributed by atoms with Gasteiger partial charge in [0.25, 0.3) is 0 Å². The van der Waals surface area contributed by atoms with Gasteiger partial charge in [0, 0.05) is 5.41 Å². The van der Waals surface area contributed by atoms with Crippen LogP contribution in [0.15, 0.2) is 24.3 Å². The molecule has 0 aromatic heterocycles. The summed E-state index contributed by atoms with van der Waals surface area (Å²) in [6, 6.07) is 5.17. The van der Waals surface area contributed by atoms with Gasteiger partial charge in [0.15, 0.2) is 0 Å². The van der Waals surface area contributed by atoms with Crippen LogP contribution in [-0.4, -0.2) is 23.8 Å². The third-order valence-electron chi connectivity index (χ3n) is 4.12. The summed E-state index contributed by atoms with van der Waals surface area (Å²) < 4.78 is 44.4. The Morgan fingerprint density at radius 1 is 1.37 bits per heavy atom. The summed E-state index contributed by atoms with van der Waals surface area (Å²) in [6.45, 7) is 0.0434. The van der Waals surface area contributed by atoms with Crippen molar-refractivity contribution in [1.82, 2.24) is 0 Å². The van der Waals surface area contributed by atoms with Crippen LogP contribution in [0, 0.1) is 5.92 Å². The molecule has 3 atom stereocenters. The zero-order valence-electron chi connectivity index (χ0n) is 9.78. The molecule has 3 fully saturated rings. The van der Waals surface area contributed by atoms with Crippen LogP contribution in [0.4, 0.5) is 13.2 Å². The van der Waals surface area contributed by atoms with Crippen molar-refractivity contribution in [1.29, 1.82) is 0 Å². The van der Waals surface area contributed by atoms with Gasteiger partial charge in [0.05, 0.1) is 24.2 Å². The highest BCUT2D eigenvalue weighted by atomic mass is 19.4. The monoisotopic (exact) mass is 272 g/mol. The van der Waals surface area contributed by atoms with Crippen LogP contribution in [0.1, 0.15) is 17.5 Å². The molecule has 1 N–H and O–H groups in total. The summed E-state index contributed by atoms with van der Waals surface area (Å²) >= 11 is 0. The first kappa shape index (κ1) is 12.5. The second-order valence-electron chi connectivity index (χ2n) is 5.07. The molecule has 102 valence electrons. The SMILES string of the molecule is O=C(O)C1C2CC1(c1ccccc1C(F)(F)F)CO2. The molecule has 3 nitrogen and oxygen atoms in total. The minimum Gasteiger partial charge on any atom is -0.481 e. The molecular formula is C13H11F3O3. The molecule has 2 heterocycles. The minimum atomic E-state index is -4.48. The van der Waals surface area contributed by atoms with Gasteiger partial charge in [-0.15, -0.1) is 0 Å².